The molecule has 0 saturated heterocycles. The van der Waals surface area contributed by atoms with Crippen molar-refractivity contribution in [2.75, 3.05) is 0 Å². The molecule has 1 N–H and O–H groups in total. The van der Waals surface area contributed by atoms with Crippen molar-refractivity contribution >= 4 is 11.6 Å². The fourth-order valence-electron chi connectivity index (χ4n) is 1.82. The molecule has 0 aliphatic rings. The van der Waals surface area contributed by atoms with E-state index in [0.29, 0.717) is 5.56 Å². The summed E-state index contributed by atoms with van der Waals surface area (Å²) in [7, 11) is 0. The van der Waals surface area contributed by atoms with E-state index in [2.05, 4.69) is 5.32 Å². The number of hydrogen-bond acceptors (Lipinski definition) is 3. The van der Waals surface area contributed by atoms with E-state index in [1.807, 2.05) is 0 Å². The topological polar surface area (TPSA) is 72.2 Å². The number of amides is 1. The Morgan fingerprint density at radius 2 is 1.90 bits per heavy atom. The predicted octanol–water partition coefficient (Wildman–Crippen LogP) is 2.97. The number of rotatable bonds is 4. The molecule has 0 bridgehead atoms. The first-order valence-corrected chi connectivity index (χ1v) is 6.25. The van der Waals surface area contributed by atoms with Gasteiger partial charge in [0.25, 0.3) is 11.6 Å². The number of nitro benzene ring substituents is 1. The summed E-state index contributed by atoms with van der Waals surface area (Å²) in [6, 6.07) is 10.2. The number of nitrogens with zero attached hydrogens (tertiary/aromatic N) is 1. The van der Waals surface area contributed by atoms with Gasteiger partial charge in [0.2, 0.25) is 0 Å². The van der Waals surface area contributed by atoms with Gasteiger partial charge in [-0.1, -0.05) is 18.2 Å². The van der Waals surface area contributed by atoms with Crippen LogP contribution in [0.4, 0.5) is 10.1 Å². The van der Waals surface area contributed by atoms with Gasteiger partial charge in [0.15, 0.2) is 0 Å². The minimum Gasteiger partial charge on any atom is -0.348 e. The Morgan fingerprint density at radius 3 is 2.48 bits per heavy atom. The van der Waals surface area contributed by atoms with E-state index < -0.39 is 16.6 Å². The van der Waals surface area contributed by atoms with Gasteiger partial charge in [-0.05, 0) is 30.2 Å². The molecule has 0 saturated carbocycles. The van der Waals surface area contributed by atoms with E-state index in [1.165, 1.54) is 24.3 Å². The number of nitrogens with one attached hydrogen (secondary N) is 1. The Balaban J connectivity index is 2.02. The van der Waals surface area contributed by atoms with Crippen molar-refractivity contribution in [3.05, 3.63) is 75.1 Å². The number of carbonyl (C=O) groups excluding carboxylic acids is 1. The lowest BCUT2D eigenvalue weighted by Gasteiger charge is -2.07. The molecule has 0 spiro atoms. The third kappa shape index (κ3) is 3.62. The summed E-state index contributed by atoms with van der Waals surface area (Å²) in [5.41, 5.74) is 1.39. The largest absolute Gasteiger partial charge is 0.348 e. The zero-order valence-corrected chi connectivity index (χ0v) is 11.3. The molecule has 0 atom stereocenters. The van der Waals surface area contributed by atoms with E-state index in [1.54, 1.807) is 25.1 Å². The van der Waals surface area contributed by atoms with E-state index in [9.17, 15) is 19.3 Å². The molecule has 21 heavy (non-hydrogen) atoms. The smallest absolute Gasteiger partial charge is 0.269 e. The van der Waals surface area contributed by atoms with Crippen LogP contribution in [-0.2, 0) is 6.54 Å². The molecular weight excluding hydrogens is 275 g/mol. The lowest BCUT2D eigenvalue weighted by Crippen LogP contribution is -2.23. The van der Waals surface area contributed by atoms with Gasteiger partial charge in [-0.15, -0.1) is 0 Å². The highest BCUT2D eigenvalue weighted by Crippen LogP contribution is 2.13. The SMILES string of the molecule is Cc1ccc(C(=O)NCc2ccc([N+](=O)[O-])cc2)c(F)c1. The first kappa shape index (κ1) is 14.6. The highest BCUT2D eigenvalue weighted by Gasteiger charge is 2.11. The number of hydrogen-bond donors (Lipinski definition) is 1. The quantitative estimate of drug-likeness (QED) is 0.694. The van der Waals surface area contributed by atoms with Crippen LogP contribution in [0.3, 0.4) is 0 Å². The molecule has 2 aromatic rings. The number of aryl methyl sites for hydroxylation is 1. The highest BCUT2D eigenvalue weighted by atomic mass is 19.1. The van der Waals surface area contributed by atoms with Crippen LogP contribution in [0, 0.1) is 22.9 Å². The number of non-ortho nitro benzene ring substituents is 1. The van der Waals surface area contributed by atoms with Crippen molar-refractivity contribution in [3.63, 3.8) is 0 Å². The van der Waals surface area contributed by atoms with Crippen LogP contribution in [0.15, 0.2) is 42.5 Å². The molecule has 2 rings (SSSR count). The molecule has 0 aliphatic carbocycles. The molecule has 2 aromatic carbocycles. The fourth-order valence-corrected chi connectivity index (χ4v) is 1.82. The highest BCUT2D eigenvalue weighted by molar-refractivity contribution is 5.94. The molecular formula is C15H13FN2O3. The monoisotopic (exact) mass is 288 g/mol. The van der Waals surface area contributed by atoms with Gasteiger partial charge in [0.05, 0.1) is 10.5 Å². The van der Waals surface area contributed by atoms with E-state index >= 15 is 0 Å². The van der Waals surface area contributed by atoms with Crippen molar-refractivity contribution in [1.82, 2.24) is 5.32 Å². The van der Waals surface area contributed by atoms with Crippen molar-refractivity contribution in [2.45, 2.75) is 13.5 Å². The molecule has 0 heterocycles. The molecule has 6 heteroatoms. The van der Waals surface area contributed by atoms with Gasteiger partial charge in [-0.3, -0.25) is 14.9 Å². The summed E-state index contributed by atoms with van der Waals surface area (Å²) < 4.78 is 13.6. The number of nitro groups is 1. The summed E-state index contributed by atoms with van der Waals surface area (Å²) in [5, 5.41) is 13.1. The summed E-state index contributed by atoms with van der Waals surface area (Å²) in [6.07, 6.45) is 0. The predicted molar refractivity (Wildman–Crippen MR) is 75.4 cm³/mol. The molecule has 108 valence electrons. The Hall–Kier alpha value is -2.76. The first-order valence-electron chi connectivity index (χ1n) is 6.25. The van der Waals surface area contributed by atoms with Crippen molar-refractivity contribution in [1.29, 1.82) is 0 Å². The Kier molecular flexibility index (Phi) is 4.27. The van der Waals surface area contributed by atoms with Crippen LogP contribution in [0.2, 0.25) is 0 Å². The Morgan fingerprint density at radius 1 is 1.24 bits per heavy atom. The molecule has 0 aromatic heterocycles. The fraction of sp³-hybridized carbons (Fsp3) is 0.133. The third-order valence-electron chi connectivity index (χ3n) is 2.97. The molecule has 0 radical (unpaired) electrons. The Bertz CT molecular complexity index is 684. The van der Waals surface area contributed by atoms with E-state index in [-0.39, 0.29) is 17.8 Å². The standard InChI is InChI=1S/C15H13FN2O3/c1-10-2-7-13(14(16)8-10)15(19)17-9-11-3-5-12(6-4-11)18(20)21/h2-8H,9H2,1H3,(H,17,19). The van der Waals surface area contributed by atoms with Crippen molar-refractivity contribution in [2.24, 2.45) is 0 Å². The molecule has 5 nitrogen and oxygen atoms in total. The first-order chi connectivity index (χ1) is 9.97. The van der Waals surface area contributed by atoms with Crippen LogP contribution in [0.1, 0.15) is 21.5 Å². The molecule has 0 aliphatic heterocycles. The summed E-state index contributed by atoms with van der Waals surface area (Å²) in [4.78, 5) is 21.9. The Labute approximate surface area is 120 Å². The third-order valence-corrected chi connectivity index (χ3v) is 2.97. The van der Waals surface area contributed by atoms with Gasteiger partial charge in [-0.2, -0.15) is 0 Å². The number of benzene rings is 2. The van der Waals surface area contributed by atoms with E-state index in [4.69, 9.17) is 0 Å². The van der Waals surface area contributed by atoms with Gasteiger partial charge < -0.3 is 5.32 Å². The van der Waals surface area contributed by atoms with Crippen LogP contribution < -0.4 is 5.32 Å². The van der Waals surface area contributed by atoms with Crippen LogP contribution in [0.5, 0.6) is 0 Å². The maximum Gasteiger partial charge on any atom is 0.269 e. The second kappa shape index (κ2) is 6.13. The van der Waals surface area contributed by atoms with Gasteiger partial charge in [-0.25, -0.2) is 4.39 Å². The average Bonchev–Trinajstić information content (AvgIpc) is 2.45. The van der Waals surface area contributed by atoms with Crippen LogP contribution in [-0.4, -0.2) is 10.8 Å². The van der Waals surface area contributed by atoms with Crippen molar-refractivity contribution in [3.8, 4) is 0 Å². The minimum atomic E-state index is -0.573. The maximum atomic E-state index is 13.6. The van der Waals surface area contributed by atoms with Gasteiger partial charge in [0.1, 0.15) is 5.82 Å². The number of carbonyl (C=O) groups is 1. The van der Waals surface area contributed by atoms with Crippen LogP contribution >= 0.6 is 0 Å². The minimum absolute atomic E-state index is 0.0188. The molecule has 1 amide bonds. The average molecular weight is 288 g/mol. The van der Waals surface area contributed by atoms with Gasteiger partial charge in [0, 0.05) is 18.7 Å². The zero-order chi connectivity index (χ0) is 15.4. The second-order valence-corrected chi connectivity index (χ2v) is 4.59. The zero-order valence-electron chi connectivity index (χ0n) is 11.3. The molecule has 0 fully saturated rings. The van der Waals surface area contributed by atoms with Gasteiger partial charge >= 0.3 is 0 Å². The second-order valence-electron chi connectivity index (χ2n) is 4.59. The molecule has 0 unspecified atom stereocenters. The summed E-state index contributed by atoms with van der Waals surface area (Å²) in [5.74, 6) is -1.10. The summed E-state index contributed by atoms with van der Waals surface area (Å²) in [6.45, 7) is 1.91. The normalized spacial score (nSPS) is 10.2. The number of halogens is 1. The van der Waals surface area contributed by atoms with Crippen LogP contribution in [0.25, 0.3) is 0 Å². The summed E-state index contributed by atoms with van der Waals surface area (Å²) >= 11 is 0. The lowest BCUT2D eigenvalue weighted by molar-refractivity contribution is -0.384. The van der Waals surface area contributed by atoms with E-state index in [0.717, 1.165) is 5.56 Å². The maximum absolute atomic E-state index is 13.6. The lowest BCUT2D eigenvalue weighted by atomic mass is 10.1. The van der Waals surface area contributed by atoms with Crippen molar-refractivity contribution < 1.29 is 14.1 Å².